The van der Waals surface area contributed by atoms with Crippen molar-refractivity contribution in [2.75, 3.05) is 0 Å². The highest BCUT2D eigenvalue weighted by Gasteiger charge is 2.25. The van der Waals surface area contributed by atoms with E-state index in [1.807, 2.05) is 55.5 Å². The Morgan fingerprint density at radius 1 is 1.07 bits per heavy atom. The van der Waals surface area contributed by atoms with Crippen LogP contribution in [0.4, 0.5) is 0 Å². The van der Waals surface area contributed by atoms with Gasteiger partial charge in [-0.25, -0.2) is 9.97 Å². The van der Waals surface area contributed by atoms with Gasteiger partial charge in [-0.2, -0.15) is 0 Å². The number of aryl methyl sites for hydroxylation is 1. The molecule has 136 valence electrons. The van der Waals surface area contributed by atoms with E-state index in [2.05, 4.69) is 15.3 Å². The van der Waals surface area contributed by atoms with Gasteiger partial charge in [-0.1, -0.05) is 41.6 Å². The molecule has 1 aliphatic rings. The molecule has 0 saturated heterocycles. The molecular formula is C21H19N3O2S. The molecule has 3 aromatic rings. The molecule has 1 amide bonds. The molecule has 1 aliphatic carbocycles. The molecule has 0 aliphatic heterocycles. The van der Waals surface area contributed by atoms with Gasteiger partial charge in [0.2, 0.25) is 0 Å². The predicted molar refractivity (Wildman–Crippen MR) is 104 cm³/mol. The normalized spacial score (nSPS) is 13.2. The highest BCUT2D eigenvalue weighted by molar-refractivity contribution is 7.99. The van der Waals surface area contributed by atoms with Crippen molar-refractivity contribution in [2.45, 2.75) is 35.7 Å². The number of benzene rings is 2. The van der Waals surface area contributed by atoms with Gasteiger partial charge in [-0.15, -0.1) is 0 Å². The Bertz CT molecular complexity index is 956. The molecule has 0 atom stereocenters. The quantitative estimate of drug-likeness (QED) is 0.679. The third-order valence-electron chi connectivity index (χ3n) is 4.12. The van der Waals surface area contributed by atoms with Crippen molar-refractivity contribution >= 4 is 17.7 Å². The van der Waals surface area contributed by atoms with Crippen LogP contribution in [0.5, 0.6) is 11.6 Å². The second-order valence-electron chi connectivity index (χ2n) is 6.43. The lowest BCUT2D eigenvalue weighted by molar-refractivity contribution is 0.0948. The van der Waals surface area contributed by atoms with Crippen LogP contribution >= 0.6 is 11.8 Å². The van der Waals surface area contributed by atoms with E-state index in [1.165, 1.54) is 11.8 Å². The molecule has 0 unspecified atom stereocenters. The number of hydrogen-bond acceptors (Lipinski definition) is 5. The van der Waals surface area contributed by atoms with Gasteiger partial charge in [0.05, 0.1) is 5.56 Å². The van der Waals surface area contributed by atoms with E-state index < -0.39 is 0 Å². The molecule has 1 N–H and O–H groups in total. The Labute approximate surface area is 162 Å². The zero-order chi connectivity index (χ0) is 18.6. The Morgan fingerprint density at radius 3 is 2.59 bits per heavy atom. The smallest absolute Gasteiger partial charge is 0.252 e. The Balaban J connectivity index is 1.58. The van der Waals surface area contributed by atoms with Crippen molar-refractivity contribution in [3.05, 3.63) is 72.1 Å². The first-order valence-electron chi connectivity index (χ1n) is 8.82. The first-order valence-corrected chi connectivity index (χ1v) is 9.64. The maximum absolute atomic E-state index is 12.5. The second kappa shape index (κ2) is 7.80. The zero-order valence-corrected chi connectivity index (χ0v) is 15.7. The number of rotatable bonds is 6. The minimum Gasteiger partial charge on any atom is -0.437 e. The van der Waals surface area contributed by atoms with Crippen LogP contribution < -0.4 is 10.1 Å². The van der Waals surface area contributed by atoms with E-state index in [-0.39, 0.29) is 5.91 Å². The van der Waals surface area contributed by atoms with E-state index in [4.69, 9.17) is 4.74 Å². The minimum absolute atomic E-state index is 0.0505. The van der Waals surface area contributed by atoms with Gasteiger partial charge in [0.15, 0.2) is 5.03 Å². The fourth-order valence-corrected chi connectivity index (χ4v) is 3.43. The summed E-state index contributed by atoms with van der Waals surface area (Å²) in [5.41, 5.74) is 1.80. The number of hydrogen-bond donors (Lipinski definition) is 1. The molecule has 0 radical (unpaired) electrons. The number of amides is 1. The van der Waals surface area contributed by atoms with Crippen molar-refractivity contribution in [3.63, 3.8) is 0 Å². The first-order chi connectivity index (χ1) is 13.2. The van der Waals surface area contributed by atoms with Crippen LogP contribution in [0, 0.1) is 6.92 Å². The SMILES string of the molecule is Cc1ccc(Oc2nccnc2Sc2ccccc2C(=O)NC2CC2)cc1. The lowest BCUT2D eigenvalue weighted by Gasteiger charge is -2.11. The topological polar surface area (TPSA) is 64.1 Å². The van der Waals surface area contributed by atoms with E-state index in [9.17, 15) is 4.79 Å². The summed E-state index contributed by atoms with van der Waals surface area (Å²) in [4.78, 5) is 22.1. The maximum Gasteiger partial charge on any atom is 0.252 e. The van der Waals surface area contributed by atoms with Crippen molar-refractivity contribution in [1.82, 2.24) is 15.3 Å². The summed E-state index contributed by atoms with van der Waals surface area (Å²) in [5, 5.41) is 3.65. The molecule has 1 heterocycles. The van der Waals surface area contributed by atoms with Gasteiger partial charge in [0.1, 0.15) is 5.75 Å². The van der Waals surface area contributed by atoms with Crippen molar-refractivity contribution in [2.24, 2.45) is 0 Å². The molecule has 0 spiro atoms. The van der Waals surface area contributed by atoms with Gasteiger partial charge in [0, 0.05) is 23.3 Å². The van der Waals surface area contributed by atoms with E-state index in [1.54, 1.807) is 12.4 Å². The number of ether oxygens (including phenoxy) is 1. The minimum atomic E-state index is -0.0505. The average Bonchev–Trinajstić information content (AvgIpc) is 3.49. The Kier molecular flexibility index (Phi) is 5.07. The van der Waals surface area contributed by atoms with Gasteiger partial charge in [-0.05, 0) is 44.0 Å². The standard InChI is InChI=1S/C21H19N3O2S/c1-14-6-10-16(11-7-14)26-20-21(23-13-12-22-20)27-18-5-3-2-4-17(18)19(25)24-15-8-9-15/h2-7,10-13,15H,8-9H2,1H3,(H,24,25). The van der Waals surface area contributed by atoms with E-state index in [0.717, 1.165) is 23.3 Å². The summed E-state index contributed by atoms with van der Waals surface area (Å²) >= 11 is 1.38. The Morgan fingerprint density at radius 2 is 1.81 bits per heavy atom. The molecule has 1 fully saturated rings. The summed E-state index contributed by atoms with van der Waals surface area (Å²) in [5.74, 6) is 1.07. The summed E-state index contributed by atoms with van der Waals surface area (Å²) in [6.07, 6.45) is 5.33. The van der Waals surface area contributed by atoms with Crippen molar-refractivity contribution < 1.29 is 9.53 Å². The van der Waals surface area contributed by atoms with Crippen LogP contribution in [0.1, 0.15) is 28.8 Å². The lowest BCUT2D eigenvalue weighted by Crippen LogP contribution is -2.25. The van der Waals surface area contributed by atoms with Gasteiger partial charge < -0.3 is 10.1 Å². The summed E-state index contributed by atoms with van der Waals surface area (Å²) in [6, 6.07) is 15.6. The number of nitrogens with one attached hydrogen (secondary N) is 1. The number of nitrogens with zero attached hydrogens (tertiary/aromatic N) is 2. The van der Waals surface area contributed by atoms with Crippen LogP contribution in [0.25, 0.3) is 0 Å². The molecule has 4 rings (SSSR count). The summed E-state index contributed by atoms with van der Waals surface area (Å²) < 4.78 is 5.92. The van der Waals surface area contributed by atoms with Crippen molar-refractivity contribution in [1.29, 1.82) is 0 Å². The summed E-state index contributed by atoms with van der Waals surface area (Å²) in [7, 11) is 0. The third-order valence-corrected chi connectivity index (χ3v) is 5.17. The molecule has 6 heteroatoms. The molecular weight excluding hydrogens is 358 g/mol. The number of carbonyl (C=O) groups excluding carboxylic acids is 1. The molecule has 0 bridgehead atoms. The number of carbonyl (C=O) groups is 1. The highest BCUT2D eigenvalue weighted by atomic mass is 32.2. The van der Waals surface area contributed by atoms with Gasteiger partial charge >= 0.3 is 0 Å². The van der Waals surface area contributed by atoms with Crippen LogP contribution in [-0.2, 0) is 0 Å². The van der Waals surface area contributed by atoms with Gasteiger partial charge in [-0.3, -0.25) is 4.79 Å². The lowest BCUT2D eigenvalue weighted by atomic mass is 10.2. The molecule has 1 aromatic heterocycles. The fourth-order valence-electron chi connectivity index (χ4n) is 2.51. The first kappa shape index (κ1) is 17.5. The highest BCUT2D eigenvalue weighted by Crippen LogP contribution is 2.35. The second-order valence-corrected chi connectivity index (χ2v) is 7.46. The monoisotopic (exact) mass is 377 g/mol. The molecule has 2 aromatic carbocycles. The third kappa shape index (κ3) is 4.46. The fraction of sp³-hybridized carbons (Fsp3) is 0.190. The number of aromatic nitrogens is 2. The zero-order valence-electron chi connectivity index (χ0n) is 14.9. The van der Waals surface area contributed by atoms with E-state index in [0.29, 0.717) is 28.3 Å². The van der Waals surface area contributed by atoms with Crippen LogP contribution in [0.2, 0.25) is 0 Å². The van der Waals surface area contributed by atoms with Crippen molar-refractivity contribution in [3.8, 4) is 11.6 Å². The average molecular weight is 377 g/mol. The summed E-state index contributed by atoms with van der Waals surface area (Å²) in [6.45, 7) is 2.02. The molecule has 5 nitrogen and oxygen atoms in total. The van der Waals surface area contributed by atoms with Crippen LogP contribution in [-0.4, -0.2) is 21.9 Å². The predicted octanol–water partition coefficient (Wildman–Crippen LogP) is 4.62. The van der Waals surface area contributed by atoms with Gasteiger partial charge in [0.25, 0.3) is 11.8 Å². The maximum atomic E-state index is 12.5. The molecule has 27 heavy (non-hydrogen) atoms. The van der Waals surface area contributed by atoms with Crippen LogP contribution in [0.3, 0.4) is 0 Å². The van der Waals surface area contributed by atoms with Crippen LogP contribution in [0.15, 0.2) is 70.8 Å². The largest absolute Gasteiger partial charge is 0.437 e. The Hall–Kier alpha value is -2.86. The molecule has 1 saturated carbocycles. The van der Waals surface area contributed by atoms with E-state index >= 15 is 0 Å².